The summed E-state index contributed by atoms with van der Waals surface area (Å²) in [6.45, 7) is 5.71. The van der Waals surface area contributed by atoms with Crippen molar-refractivity contribution in [3.8, 4) is 0 Å². The van der Waals surface area contributed by atoms with E-state index < -0.39 is 5.97 Å². The van der Waals surface area contributed by atoms with Crippen molar-refractivity contribution in [2.75, 3.05) is 6.61 Å². The van der Waals surface area contributed by atoms with Crippen molar-refractivity contribution in [2.24, 2.45) is 5.92 Å². The van der Waals surface area contributed by atoms with E-state index in [-0.39, 0.29) is 18.6 Å². The number of esters is 1. The Labute approximate surface area is 127 Å². The van der Waals surface area contributed by atoms with Crippen LogP contribution in [-0.4, -0.2) is 24.5 Å². The number of benzene rings is 1. The maximum Gasteiger partial charge on any atom is 0.338 e. The minimum atomic E-state index is -0.481. The average Bonchev–Trinajstić information content (AvgIpc) is 2.35. The van der Waals surface area contributed by atoms with Gasteiger partial charge in [-0.1, -0.05) is 19.9 Å². The third-order valence-electron chi connectivity index (χ3n) is 2.78. The quantitative estimate of drug-likeness (QED) is 0.636. The van der Waals surface area contributed by atoms with E-state index >= 15 is 0 Å². The van der Waals surface area contributed by atoms with Gasteiger partial charge < -0.3 is 10.1 Å². The standard InChI is InChI=1S/C14H18INO3/c1-9(2)10(3)16-13(17)8-19-14(18)11-5-4-6-12(15)7-11/h4-7,9-10H,8H2,1-3H3,(H,16,17)/t10-/m0/s1. The highest BCUT2D eigenvalue weighted by molar-refractivity contribution is 14.1. The monoisotopic (exact) mass is 375 g/mol. The normalized spacial score (nSPS) is 12.1. The molecule has 0 aliphatic heterocycles. The van der Waals surface area contributed by atoms with Crippen molar-refractivity contribution < 1.29 is 14.3 Å². The number of hydrogen-bond acceptors (Lipinski definition) is 3. The smallest absolute Gasteiger partial charge is 0.338 e. The zero-order chi connectivity index (χ0) is 14.4. The summed E-state index contributed by atoms with van der Waals surface area (Å²) in [6.07, 6.45) is 0. The second-order valence-corrected chi connectivity index (χ2v) is 5.93. The Kier molecular flexibility index (Phi) is 6.27. The Balaban J connectivity index is 2.44. The second-order valence-electron chi connectivity index (χ2n) is 4.69. The third-order valence-corrected chi connectivity index (χ3v) is 3.45. The van der Waals surface area contributed by atoms with Crippen molar-refractivity contribution >= 4 is 34.5 Å². The van der Waals surface area contributed by atoms with Crippen molar-refractivity contribution in [1.82, 2.24) is 5.32 Å². The van der Waals surface area contributed by atoms with E-state index in [0.717, 1.165) is 3.57 Å². The molecular weight excluding hydrogens is 357 g/mol. The molecule has 0 bridgehead atoms. The maximum absolute atomic E-state index is 11.7. The Hall–Kier alpha value is -1.11. The number of hydrogen-bond donors (Lipinski definition) is 1. The van der Waals surface area contributed by atoms with Crippen LogP contribution >= 0.6 is 22.6 Å². The Morgan fingerprint density at radius 1 is 1.32 bits per heavy atom. The highest BCUT2D eigenvalue weighted by Crippen LogP contribution is 2.09. The summed E-state index contributed by atoms with van der Waals surface area (Å²) in [6, 6.07) is 7.11. The summed E-state index contributed by atoms with van der Waals surface area (Å²) in [5.74, 6) is -0.415. The van der Waals surface area contributed by atoms with Crippen LogP contribution in [-0.2, 0) is 9.53 Å². The molecule has 0 saturated carbocycles. The van der Waals surface area contributed by atoms with Gasteiger partial charge in [-0.3, -0.25) is 4.79 Å². The summed E-state index contributed by atoms with van der Waals surface area (Å²) in [7, 11) is 0. The van der Waals surface area contributed by atoms with Crippen LogP contribution in [0, 0.1) is 9.49 Å². The topological polar surface area (TPSA) is 55.4 Å². The molecular formula is C14H18INO3. The van der Waals surface area contributed by atoms with Gasteiger partial charge in [-0.2, -0.15) is 0 Å². The van der Waals surface area contributed by atoms with Gasteiger partial charge in [0.2, 0.25) is 0 Å². The fourth-order valence-corrected chi connectivity index (χ4v) is 1.84. The summed E-state index contributed by atoms with van der Waals surface area (Å²) in [5, 5.41) is 2.78. The molecule has 0 aliphatic carbocycles. The van der Waals surface area contributed by atoms with E-state index in [0.29, 0.717) is 11.5 Å². The zero-order valence-corrected chi connectivity index (χ0v) is 13.4. The number of nitrogens with one attached hydrogen (secondary N) is 1. The SMILES string of the molecule is CC(C)[C@H](C)NC(=O)COC(=O)c1cccc(I)c1. The molecule has 104 valence electrons. The van der Waals surface area contributed by atoms with E-state index in [1.807, 2.05) is 26.8 Å². The molecule has 0 fully saturated rings. The van der Waals surface area contributed by atoms with Crippen molar-refractivity contribution in [3.05, 3.63) is 33.4 Å². The number of carbonyl (C=O) groups excluding carboxylic acids is 2. The number of halogens is 1. The summed E-state index contributed by atoms with van der Waals surface area (Å²) < 4.78 is 5.92. The first kappa shape index (κ1) is 15.9. The van der Waals surface area contributed by atoms with Crippen LogP contribution in [0.25, 0.3) is 0 Å². The van der Waals surface area contributed by atoms with Crippen LogP contribution in [0.2, 0.25) is 0 Å². The van der Waals surface area contributed by atoms with E-state index in [9.17, 15) is 9.59 Å². The minimum absolute atomic E-state index is 0.0591. The molecule has 0 aromatic heterocycles. The number of amides is 1. The summed E-state index contributed by atoms with van der Waals surface area (Å²) >= 11 is 2.12. The van der Waals surface area contributed by atoms with Crippen LogP contribution < -0.4 is 5.32 Å². The van der Waals surface area contributed by atoms with Crippen LogP contribution in [0.5, 0.6) is 0 Å². The lowest BCUT2D eigenvalue weighted by molar-refractivity contribution is -0.125. The molecule has 0 heterocycles. The van der Waals surface area contributed by atoms with Gasteiger partial charge >= 0.3 is 5.97 Å². The van der Waals surface area contributed by atoms with Gasteiger partial charge in [0, 0.05) is 9.61 Å². The van der Waals surface area contributed by atoms with E-state index in [2.05, 4.69) is 27.9 Å². The van der Waals surface area contributed by atoms with Gasteiger partial charge in [0.15, 0.2) is 6.61 Å². The molecule has 0 aliphatic rings. The molecule has 5 heteroatoms. The van der Waals surface area contributed by atoms with Gasteiger partial charge in [-0.05, 0) is 53.6 Å². The van der Waals surface area contributed by atoms with E-state index in [4.69, 9.17) is 4.74 Å². The number of carbonyl (C=O) groups is 2. The minimum Gasteiger partial charge on any atom is -0.452 e. The molecule has 4 nitrogen and oxygen atoms in total. The molecule has 1 aromatic rings. The molecule has 0 saturated heterocycles. The van der Waals surface area contributed by atoms with E-state index in [1.54, 1.807) is 18.2 Å². The Morgan fingerprint density at radius 2 is 2.00 bits per heavy atom. The molecule has 1 amide bonds. The van der Waals surface area contributed by atoms with Crippen molar-refractivity contribution in [1.29, 1.82) is 0 Å². The molecule has 0 spiro atoms. The molecule has 1 atom stereocenters. The van der Waals surface area contributed by atoms with Crippen LogP contribution in [0.3, 0.4) is 0 Å². The zero-order valence-electron chi connectivity index (χ0n) is 11.3. The Morgan fingerprint density at radius 3 is 2.58 bits per heavy atom. The first-order chi connectivity index (χ1) is 8.90. The lowest BCUT2D eigenvalue weighted by atomic mass is 10.1. The van der Waals surface area contributed by atoms with Crippen molar-refractivity contribution in [3.63, 3.8) is 0 Å². The first-order valence-corrected chi connectivity index (χ1v) is 7.20. The molecule has 1 aromatic carbocycles. The maximum atomic E-state index is 11.7. The number of rotatable bonds is 5. The molecule has 1 rings (SSSR count). The van der Waals surface area contributed by atoms with Gasteiger partial charge in [0.1, 0.15) is 0 Å². The Bertz CT molecular complexity index is 460. The van der Waals surface area contributed by atoms with Gasteiger partial charge in [-0.15, -0.1) is 0 Å². The number of ether oxygens (including phenoxy) is 1. The molecule has 0 radical (unpaired) electrons. The van der Waals surface area contributed by atoms with Crippen molar-refractivity contribution in [2.45, 2.75) is 26.8 Å². The highest BCUT2D eigenvalue weighted by atomic mass is 127. The lowest BCUT2D eigenvalue weighted by Crippen LogP contribution is -2.38. The molecule has 1 N–H and O–H groups in total. The van der Waals surface area contributed by atoms with Crippen LogP contribution in [0.4, 0.5) is 0 Å². The molecule has 19 heavy (non-hydrogen) atoms. The highest BCUT2D eigenvalue weighted by Gasteiger charge is 2.13. The second kappa shape index (κ2) is 7.47. The predicted molar refractivity (Wildman–Crippen MR) is 81.9 cm³/mol. The molecule has 0 unspecified atom stereocenters. The largest absolute Gasteiger partial charge is 0.452 e. The van der Waals surface area contributed by atoms with E-state index in [1.165, 1.54) is 0 Å². The van der Waals surface area contributed by atoms with Gasteiger partial charge in [0.25, 0.3) is 5.91 Å². The van der Waals surface area contributed by atoms with Crippen LogP contribution in [0.15, 0.2) is 24.3 Å². The predicted octanol–water partition coefficient (Wildman–Crippen LogP) is 2.61. The summed E-state index contributed by atoms with van der Waals surface area (Å²) in [4.78, 5) is 23.3. The fourth-order valence-electron chi connectivity index (χ4n) is 1.29. The lowest BCUT2D eigenvalue weighted by Gasteiger charge is -2.17. The third kappa shape index (κ3) is 5.59. The first-order valence-electron chi connectivity index (χ1n) is 6.12. The summed E-state index contributed by atoms with van der Waals surface area (Å²) in [5.41, 5.74) is 0.455. The fraction of sp³-hybridized carbons (Fsp3) is 0.429. The van der Waals surface area contributed by atoms with Crippen LogP contribution in [0.1, 0.15) is 31.1 Å². The van der Waals surface area contributed by atoms with Gasteiger partial charge in [0.05, 0.1) is 5.56 Å². The average molecular weight is 375 g/mol. The van der Waals surface area contributed by atoms with Gasteiger partial charge in [-0.25, -0.2) is 4.79 Å².